The molecule has 2 rings (SSSR count). The maximum atomic E-state index is 13.2. The Kier molecular flexibility index (Phi) is 3.77. The summed E-state index contributed by atoms with van der Waals surface area (Å²) in [7, 11) is -1.32. The Hall–Kier alpha value is -1.27. The molecule has 0 saturated carbocycles. The first kappa shape index (κ1) is 13.2. The van der Waals surface area contributed by atoms with Crippen molar-refractivity contribution in [3.63, 3.8) is 0 Å². The van der Waals surface area contributed by atoms with Crippen LogP contribution in [-0.2, 0) is 16.6 Å². The minimum Gasteiger partial charge on any atom is -0.399 e. The maximum Gasteiger partial charge on any atom is 0.126 e. The van der Waals surface area contributed by atoms with Gasteiger partial charge in [0.1, 0.15) is 10.8 Å². The van der Waals surface area contributed by atoms with Crippen LogP contribution in [0.15, 0.2) is 23.1 Å². The van der Waals surface area contributed by atoms with E-state index in [-0.39, 0.29) is 5.69 Å². The summed E-state index contributed by atoms with van der Waals surface area (Å²) in [6, 6.07) is 3.99. The number of aryl methyl sites for hydroxylation is 2. The van der Waals surface area contributed by atoms with Gasteiger partial charge in [-0.05, 0) is 32.0 Å². The third kappa shape index (κ3) is 2.94. The van der Waals surface area contributed by atoms with Crippen molar-refractivity contribution in [3.8, 4) is 0 Å². The summed E-state index contributed by atoms with van der Waals surface area (Å²) in [5.74, 6) is -0.174. The maximum absolute atomic E-state index is 13.2. The van der Waals surface area contributed by atoms with Crippen molar-refractivity contribution < 1.29 is 8.60 Å². The van der Waals surface area contributed by atoms with E-state index in [2.05, 4.69) is 4.98 Å². The summed E-state index contributed by atoms with van der Waals surface area (Å²) in [5, 5.41) is 0.797. The van der Waals surface area contributed by atoms with Crippen LogP contribution >= 0.6 is 11.3 Å². The average Bonchev–Trinajstić information content (AvgIpc) is 2.56. The third-order valence-electron chi connectivity index (χ3n) is 2.48. The molecule has 0 aliphatic carbocycles. The summed E-state index contributed by atoms with van der Waals surface area (Å²) >= 11 is 1.52. The van der Waals surface area contributed by atoms with Crippen molar-refractivity contribution in [3.05, 3.63) is 39.6 Å². The molecular formula is C12H13FN2OS2. The van der Waals surface area contributed by atoms with Crippen LogP contribution in [0.3, 0.4) is 0 Å². The van der Waals surface area contributed by atoms with E-state index in [1.807, 2.05) is 13.8 Å². The molecule has 0 aliphatic rings. The highest BCUT2D eigenvalue weighted by Gasteiger charge is 2.11. The topological polar surface area (TPSA) is 56.0 Å². The molecule has 1 heterocycles. The number of rotatable bonds is 3. The van der Waals surface area contributed by atoms with E-state index in [0.29, 0.717) is 10.6 Å². The average molecular weight is 284 g/mol. The zero-order valence-corrected chi connectivity index (χ0v) is 11.7. The molecule has 0 aliphatic heterocycles. The predicted octanol–water partition coefficient (Wildman–Crippen LogP) is 2.79. The second-order valence-electron chi connectivity index (χ2n) is 3.96. The van der Waals surface area contributed by atoms with Crippen molar-refractivity contribution >= 4 is 27.8 Å². The molecule has 2 N–H and O–H groups in total. The number of hydrogen-bond acceptors (Lipinski definition) is 4. The molecule has 96 valence electrons. The molecule has 0 saturated heterocycles. The zero-order chi connectivity index (χ0) is 13.3. The standard InChI is InChI=1S/C12H13FN2OS2/c1-7-8(2)17-12(15-7)6-18(16)11-4-9(13)3-10(14)5-11/h3-5H,6,14H2,1-2H3. The third-order valence-corrected chi connectivity index (χ3v) is 5.04. The van der Waals surface area contributed by atoms with Crippen molar-refractivity contribution in [1.29, 1.82) is 0 Å². The number of benzene rings is 1. The number of thiazole rings is 1. The monoisotopic (exact) mass is 284 g/mol. The van der Waals surface area contributed by atoms with Gasteiger partial charge in [-0.15, -0.1) is 11.3 Å². The van der Waals surface area contributed by atoms with Gasteiger partial charge in [0.2, 0.25) is 0 Å². The summed E-state index contributed by atoms with van der Waals surface area (Å²) in [5.41, 5.74) is 6.76. The van der Waals surface area contributed by atoms with Gasteiger partial charge in [-0.1, -0.05) is 0 Å². The van der Waals surface area contributed by atoms with Crippen molar-refractivity contribution in [2.45, 2.75) is 24.5 Å². The molecule has 1 unspecified atom stereocenters. The van der Waals surface area contributed by atoms with E-state index in [9.17, 15) is 8.60 Å². The fourth-order valence-electron chi connectivity index (χ4n) is 1.51. The van der Waals surface area contributed by atoms with Gasteiger partial charge < -0.3 is 5.73 Å². The van der Waals surface area contributed by atoms with E-state index in [0.717, 1.165) is 15.6 Å². The van der Waals surface area contributed by atoms with Gasteiger partial charge >= 0.3 is 0 Å². The SMILES string of the molecule is Cc1nc(CS(=O)c2cc(N)cc(F)c2)sc1C. The van der Waals surface area contributed by atoms with Gasteiger partial charge in [0.15, 0.2) is 0 Å². The summed E-state index contributed by atoms with van der Waals surface area (Å²) in [6.45, 7) is 3.89. The van der Waals surface area contributed by atoms with Crippen LogP contribution in [0.5, 0.6) is 0 Å². The van der Waals surface area contributed by atoms with Gasteiger partial charge in [0, 0.05) is 15.5 Å². The number of hydrogen-bond donors (Lipinski definition) is 1. The number of nitrogen functional groups attached to an aromatic ring is 1. The number of nitrogens with two attached hydrogens (primary N) is 1. The molecule has 0 spiro atoms. The second kappa shape index (κ2) is 5.16. The minimum atomic E-state index is -1.32. The first-order chi connectivity index (χ1) is 8.45. The van der Waals surface area contributed by atoms with E-state index in [4.69, 9.17) is 5.73 Å². The fraction of sp³-hybridized carbons (Fsp3) is 0.250. The molecule has 1 aromatic heterocycles. The van der Waals surface area contributed by atoms with Crippen LogP contribution < -0.4 is 5.73 Å². The largest absolute Gasteiger partial charge is 0.399 e. The van der Waals surface area contributed by atoms with Crippen LogP contribution in [-0.4, -0.2) is 9.19 Å². The van der Waals surface area contributed by atoms with Crippen LogP contribution in [0.25, 0.3) is 0 Å². The lowest BCUT2D eigenvalue weighted by Crippen LogP contribution is -1.98. The van der Waals surface area contributed by atoms with Crippen molar-refractivity contribution in [2.24, 2.45) is 0 Å². The fourth-order valence-corrected chi connectivity index (χ4v) is 3.77. The molecule has 1 aromatic carbocycles. The smallest absolute Gasteiger partial charge is 0.126 e. The lowest BCUT2D eigenvalue weighted by Gasteiger charge is -2.02. The molecule has 2 aromatic rings. The Morgan fingerprint density at radius 2 is 2.11 bits per heavy atom. The number of anilines is 1. The summed E-state index contributed by atoms with van der Waals surface area (Å²) in [6.07, 6.45) is 0. The van der Waals surface area contributed by atoms with Crippen molar-refractivity contribution in [1.82, 2.24) is 4.98 Å². The van der Waals surface area contributed by atoms with Crippen LogP contribution in [0.4, 0.5) is 10.1 Å². The van der Waals surface area contributed by atoms with Gasteiger partial charge in [-0.2, -0.15) is 0 Å². The first-order valence-electron chi connectivity index (χ1n) is 5.33. The Balaban J connectivity index is 2.21. The highest BCUT2D eigenvalue weighted by molar-refractivity contribution is 7.84. The first-order valence-corrected chi connectivity index (χ1v) is 7.46. The molecule has 6 heteroatoms. The number of aromatic nitrogens is 1. The van der Waals surface area contributed by atoms with Crippen LogP contribution in [0, 0.1) is 19.7 Å². The molecule has 0 fully saturated rings. The minimum absolute atomic E-state index is 0.282. The Morgan fingerprint density at radius 3 is 2.67 bits per heavy atom. The highest BCUT2D eigenvalue weighted by Crippen LogP contribution is 2.21. The van der Waals surface area contributed by atoms with Crippen LogP contribution in [0.2, 0.25) is 0 Å². The van der Waals surface area contributed by atoms with E-state index < -0.39 is 16.6 Å². The van der Waals surface area contributed by atoms with Crippen molar-refractivity contribution in [2.75, 3.05) is 5.73 Å². The molecule has 0 bridgehead atoms. The Bertz CT molecular complexity index is 570. The predicted molar refractivity (Wildman–Crippen MR) is 72.5 cm³/mol. The number of nitrogens with zero attached hydrogens (tertiary/aromatic N) is 1. The van der Waals surface area contributed by atoms with E-state index in [1.54, 1.807) is 0 Å². The normalized spacial score (nSPS) is 12.6. The molecule has 3 nitrogen and oxygen atoms in total. The van der Waals surface area contributed by atoms with Crippen LogP contribution in [0.1, 0.15) is 15.6 Å². The Morgan fingerprint density at radius 1 is 1.39 bits per heavy atom. The molecular weight excluding hydrogens is 271 g/mol. The number of halogens is 1. The van der Waals surface area contributed by atoms with Gasteiger partial charge in [-0.3, -0.25) is 4.21 Å². The highest BCUT2D eigenvalue weighted by atomic mass is 32.2. The van der Waals surface area contributed by atoms with Gasteiger partial charge in [0.05, 0.1) is 22.2 Å². The Labute approximate surface area is 111 Å². The molecule has 0 radical (unpaired) electrons. The van der Waals surface area contributed by atoms with E-state index >= 15 is 0 Å². The lowest BCUT2D eigenvalue weighted by atomic mass is 10.3. The quantitative estimate of drug-likeness (QED) is 0.882. The molecule has 1 atom stereocenters. The second-order valence-corrected chi connectivity index (χ2v) is 6.70. The lowest BCUT2D eigenvalue weighted by molar-refractivity contribution is 0.623. The molecule has 0 amide bonds. The zero-order valence-electron chi connectivity index (χ0n) is 10.1. The van der Waals surface area contributed by atoms with Gasteiger partial charge in [0.25, 0.3) is 0 Å². The van der Waals surface area contributed by atoms with E-state index in [1.165, 1.54) is 29.5 Å². The van der Waals surface area contributed by atoms with Gasteiger partial charge in [-0.25, -0.2) is 9.37 Å². The summed E-state index contributed by atoms with van der Waals surface area (Å²) in [4.78, 5) is 5.83. The molecule has 18 heavy (non-hydrogen) atoms. The summed E-state index contributed by atoms with van der Waals surface area (Å²) < 4.78 is 25.3.